The van der Waals surface area contributed by atoms with E-state index in [0.717, 1.165) is 15.8 Å². The van der Waals surface area contributed by atoms with Crippen molar-refractivity contribution in [3.63, 3.8) is 0 Å². The molecule has 126 valence electrons. The van der Waals surface area contributed by atoms with Gasteiger partial charge in [0.1, 0.15) is 0 Å². The molecular formula is C19H23N3OS. The lowest BCUT2D eigenvalue weighted by atomic mass is 9.79. The average molecular weight is 341 g/mol. The monoisotopic (exact) mass is 341 g/mol. The Balaban J connectivity index is 1.37. The van der Waals surface area contributed by atoms with E-state index in [9.17, 15) is 4.79 Å². The van der Waals surface area contributed by atoms with Crippen LogP contribution in [0.15, 0.2) is 18.2 Å². The molecule has 1 aliphatic carbocycles. The third-order valence-electron chi connectivity index (χ3n) is 6.07. The van der Waals surface area contributed by atoms with Gasteiger partial charge in [0, 0.05) is 23.6 Å². The number of nitrogens with one attached hydrogen (secondary N) is 1. The molecule has 0 spiro atoms. The number of thiazole rings is 1. The lowest BCUT2D eigenvalue weighted by molar-refractivity contribution is 0.0217. The molecule has 3 aliphatic heterocycles. The Morgan fingerprint density at radius 3 is 2.75 bits per heavy atom. The summed E-state index contributed by atoms with van der Waals surface area (Å²) >= 11 is 1.76. The van der Waals surface area contributed by atoms with Crippen molar-refractivity contribution in [1.29, 1.82) is 0 Å². The fourth-order valence-corrected chi connectivity index (χ4v) is 5.54. The zero-order valence-electron chi connectivity index (χ0n) is 14.0. The average Bonchev–Trinajstić information content (AvgIpc) is 3.37. The molecule has 1 amide bonds. The summed E-state index contributed by atoms with van der Waals surface area (Å²) in [5, 5.41) is 4.57. The minimum Gasteiger partial charge on any atom is -0.347 e. The number of hydrogen-bond donors (Lipinski definition) is 1. The van der Waals surface area contributed by atoms with Gasteiger partial charge in [0.05, 0.1) is 15.2 Å². The van der Waals surface area contributed by atoms with E-state index in [1.165, 1.54) is 43.8 Å². The molecule has 2 bridgehead atoms. The van der Waals surface area contributed by atoms with Gasteiger partial charge in [0.15, 0.2) is 0 Å². The summed E-state index contributed by atoms with van der Waals surface area (Å²) in [6.07, 6.45) is 4.97. The Morgan fingerprint density at radius 2 is 2.04 bits per heavy atom. The normalized spacial score (nSPS) is 32.2. The number of amides is 1. The number of hydrogen-bond acceptors (Lipinski definition) is 4. The van der Waals surface area contributed by atoms with Gasteiger partial charge in [-0.1, -0.05) is 0 Å². The molecule has 4 aliphatic rings. The van der Waals surface area contributed by atoms with Crippen molar-refractivity contribution in [3.05, 3.63) is 28.8 Å². The number of carbonyl (C=O) groups is 1. The van der Waals surface area contributed by atoms with Crippen molar-refractivity contribution >= 4 is 27.5 Å². The molecule has 3 saturated heterocycles. The van der Waals surface area contributed by atoms with Crippen LogP contribution >= 0.6 is 11.3 Å². The Hall–Kier alpha value is -1.46. The summed E-state index contributed by atoms with van der Waals surface area (Å²) in [7, 11) is 0. The predicted octanol–water partition coefficient (Wildman–Crippen LogP) is 3.39. The number of benzene rings is 1. The van der Waals surface area contributed by atoms with Crippen LogP contribution in [0.3, 0.4) is 0 Å². The second-order valence-corrected chi connectivity index (χ2v) is 8.68. The topological polar surface area (TPSA) is 45.2 Å². The van der Waals surface area contributed by atoms with Gasteiger partial charge in [-0.25, -0.2) is 4.98 Å². The van der Waals surface area contributed by atoms with Crippen molar-refractivity contribution in [1.82, 2.24) is 15.2 Å². The van der Waals surface area contributed by atoms with Crippen LogP contribution in [0.1, 0.15) is 53.9 Å². The predicted molar refractivity (Wildman–Crippen MR) is 96.6 cm³/mol. The standard InChI is InChI=1S/C19H23N3OS/c1-11-17(12-6-8-22(11)9-7-12)21-18(23)14-4-5-15-16(10-14)24-19(20-15)13-2-3-13/h4-5,10-13,17H,2-3,6-9H2,1H3,(H,21,23). The molecule has 1 saturated carbocycles. The SMILES string of the molecule is CC1C(NC(=O)c2ccc3nc(C4CC4)sc3c2)C2CCN1CC2. The van der Waals surface area contributed by atoms with Crippen molar-refractivity contribution in [2.45, 2.75) is 50.6 Å². The highest BCUT2D eigenvalue weighted by atomic mass is 32.1. The largest absolute Gasteiger partial charge is 0.347 e. The first-order valence-corrected chi connectivity index (χ1v) is 9.96. The van der Waals surface area contributed by atoms with Crippen molar-refractivity contribution in [2.75, 3.05) is 13.1 Å². The van der Waals surface area contributed by atoms with E-state index in [-0.39, 0.29) is 5.91 Å². The Bertz CT molecular complexity index is 787. The van der Waals surface area contributed by atoms with Gasteiger partial charge in [0.25, 0.3) is 5.91 Å². The van der Waals surface area contributed by atoms with E-state index in [1.54, 1.807) is 11.3 Å². The summed E-state index contributed by atoms with van der Waals surface area (Å²) in [5.41, 5.74) is 1.81. The van der Waals surface area contributed by atoms with Crippen LogP contribution in [0, 0.1) is 5.92 Å². The van der Waals surface area contributed by atoms with Gasteiger partial charge < -0.3 is 5.32 Å². The maximum Gasteiger partial charge on any atom is 0.251 e. The molecule has 24 heavy (non-hydrogen) atoms. The highest BCUT2D eigenvalue weighted by molar-refractivity contribution is 7.18. The van der Waals surface area contributed by atoms with Gasteiger partial charge in [-0.05, 0) is 69.8 Å². The smallest absolute Gasteiger partial charge is 0.251 e. The Kier molecular flexibility index (Phi) is 3.42. The molecule has 2 unspecified atom stereocenters. The second-order valence-electron chi connectivity index (χ2n) is 7.62. The zero-order chi connectivity index (χ0) is 16.3. The van der Waals surface area contributed by atoms with E-state index in [1.807, 2.05) is 18.2 Å². The summed E-state index contributed by atoms with van der Waals surface area (Å²) in [6, 6.07) is 6.71. The van der Waals surface area contributed by atoms with Crippen LogP contribution in [0.4, 0.5) is 0 Å². The molecule has 1 N–H and O–H groups in total. The lowest BCUT2D eigenvalue weighted by Gasteiger charge is -2.49. The first-order chi connectivity index (χ1) is 11.7. The molecule has 2 aromatic rings. The van der Waals surface area contributed by atoms with E-state index >= 15 is 0 Å². The third kappa shape index (κ3) is 2.45. The summed E-state index contributed by atoms with van der Waals surface area (Å²) in [6.45, 7) is 4.63. The molecule has 0 radical (unpaired) electrons. The maximum atomic E-state index is 12.8. The molecule has 1 aromatic heterocycles. The van der Waals surface area contributed by atoms with Gasteiger partial charge in [0.2, 0.25) is 0 Å². The van der Waals surface area contributed by atoms with Crippen molar-refractivity contribution in [2.24, 2.45) is 5.92 Å². The highest BCUT2D eigenvalue weighted by Crippen LogP contribution is 2.43. The molecule has 4 nitrogen and oxygen atoms in total. The number of aromatic nitrogens is 1. The summed E-state index contributed by atoms with van der Waals surface area (Å²) < 4.78 is 1.14. The zero-order valence-corrected chi connectivity index (χ0v) is 14.8. The van der Waals surface area contributed by atoms with Crippen LogP contribution in [0.5, 0.6) is 0 Å². The lowest BCUT2D eigenvalue weighted by Crippen LogP contribution is -2.62. The third-order valence-corrected chi connectivity index (χ3v) is 7.25. The van der Waals surface area contributed by atoms with E-state index in [4.69, 9.17) is 4.98 Å². The molecular weight excluding hydrogens is 318 g/mol. The second kappa shape index (κ2) is 5.53. The first-order valence-electron chi connectivity index (χ1n) is 9.14. The number of carbonyl (C=O) groups excluding carboxylic acids is 1. The van der Waals surface area contributed by atoms with E-state index in [2.05, 4.69) is 17.1 Å². The minimum absolute atomic E-state index is 0.0730. The highest BCUT2D eigenvalue weighted by Gasteiger charge is 2.40. The fourth-order valence-electron chi connectivity index (χ4n) is 4.37. The van der Waals surface area contributed by atoms with Crippen LogP contribution in [-0.4, -0.2) is 41.0 Å². The maximum absolute atomic E-state index is 12.8. The number of piperidine rings is 3. The van der Waals surface area contributed by atoms with Crippen LogP contribution in [0.2, 0.25) is 0 Å². The summed E-state index contributed by atoms with van der Waals surface area (Å²) in [5.74, 6) is 1.39. The quantitative estimate of drug-likeness (QED) is 0.931. The van der Waals surface area contributed by atoms with Gasteiger partial charge in [-0.2, -0.15) is 0 Å². The van der Waals surface area contributed by atoms with Crippen molar-refractivity contribution in [3.8, 4) is 0 Å². The fraction of sp³-hybridized carbons (Fsp3) is 0.579. The first kappa shape index (κ1) is 14.8. The number of fused-ring (bicyclic) bond motifs is 4. The molecule has 2 atom stereocenters. The van der Waals surface area contributed by atoms with E-state index < -0.39 is 0 Å². The van der Waals surface area contributed by atoms with Crippen molar-refractivity contribution < 1.29 is 4.79 Å². The Labute approximate surface area is 146 Å². The van der Waals surface area contributed by atoms with Gasteiger partial charge in [-0.15, -0.1) is 11.3 Å². The molecule has 4 fully saturated rings. The van der Waals surface area contributed by atoms with Crippen LogP contribution in [0.25, 0.3) is 10.2 Å². The summed E-state index contributed by atoms with van der Waals surface area (Å²) in [4.78, 5) is 20.0. The molecule has 5 heteroatoms. The van der Waals surface area contributed by atoms with Gasteiger partial charge >= 0.3 is 0 Å². The Morgan fingerprint density at radius 1 is 1.25 bits per heavy atom. The van der Waals surface area contributed by atoms with E-state index in [0.29, 0.717) is 23.9 Å². The van der Waals surface area contributed by atoms with Crippen LogP contribution < -0.4 is 5.32 Å². The molecule has 1 aromatic carbocycles. The van der Waals surface area contributed by atoms with Crippen LogP contribution in [-0.2, 0) is 0 Å². The van der Waals surface area contributed by atoms with Gasteiger partial charge in [-0.3, -0.25) is 9.69 Å². The molecule has 6 rings (SSSR count). The minimum atomic E-state index is 0.0730. The number of nitrogens with zero attached hydrogens (tertiary/aromatic N) is 2. The molecule has 4 heterocycles. The number of rotatable bonds is 3.